The maximum Gasteiger partial charge on any atom is 0.253 e. The van der Waals surface area contributed by atoms with Crippen LogP contribution in [0.15, 0.2) is 48.5 Å². The highest BCUT2D eigenvalue weighted by molar-refractivity contribution is 5.96. The summed E-state index contributed by atoms with van der Waals surface area (Å²) in [5.41, 5.74) is 2.04. The number of nitrogens with one attached hydrogen (secondary N) is 2. The second-order valence-electron chi connectivity index (χ2n) is 5.92. The van der Waals surface area contributed by atoms with Crippen LogP contribution in [0.25, 0.3) is 0 Å². The first-order valence-electron chi connectivity index (χ1n) is 9.23. The lowest BCUT2D eigenvalue weighted by Gasteiger charge is -2.19. The first-order chi connectivity index (χ1) is 13.1. The summed E-state index contributed by atoms with van der Waals surface area (Å²) in [6.45, 7) is 7.87. The minimum absolute atomic E-state index is 0.0116. The van der Waals surface area contributed by atoms with Gasteiger partial charge in [0.05, 0.1) is 13.2 Å². The number of rotatable bonds is 9. The van der Waals surface area contributed by atoms with E-state index in [-0.39, 0.29) is 18.4 Å². The van der Waals surface area contributed by atoms with Gasteiger partial charge in [-0.25, -0.2) is 0 Å². The lowest BCUT2D eigenvalue weighted by atomic mass is 10.1. The van der Waals surface area contributed by atoms with Crippen LogP contribution in [-0.4, -0.2) is 43.0 Å². The van der Waals surface area contributed by atoms with Gasteiger partial charge >= 0.3 is 0 Å². The number of benzene rings is 2. The average Bonchev–Trinajstić information content (AvgIpc) is 2.69. The van der Waals surface area contributed by atoms with Crippen molar-refractivity contribution in [1.29, 1.82) is 0 Å². The largest absolute Gasteiger partial charge is 0.494 e. The van der Waals surface area contributed by atoms with E-state index in [0.717, 1.165) is 11.4 Å². The molecule has 6 heteroatoms. The van der Waals surface area contributed by atoms with Crippen molar-refractivity contribution in [3.63, 3.8) is 0 Å². The Bertz CT molecular complexity index is 756. The van der Waals surface area contributed by atoms with Crippen molar-refractivity contribution in [3.8, 4) is 5.75 Å². The highest BCUT2D eigenvalue weighted by atomic mass is 16.5. The van der Waals surface area contributed by atoms with Crippen LogP contribution < -0.4 is 15.4 Å². The molecule has 6 nitrogen and oxygen atoms in total. The fraction of sp³-hybridized carbons (Fsp3) is 0.333. The molecule has 2 amide bonds. The van der Waals surface area contributed by atoms with Crippen molar-refractivity contribution in [2.75, 3.05) is 36.9 Å². The molecule has 0 aliphatic carbocycles. The molecule has 0 saturated carbocycles. The maximum atomic E-state index is 12.4. The van der Waals surface area contributed by atoms with Crippen LogP contribution in [0.2, 0.25) is 0 Å². The second-order valence-corrected chi connectivity index (χ2v) is 5.92. The summed E-state index contributed by atoms with van der Waals surface area (Å²) in [6.07, 6.45) is 0. The van der Waals surface area contributed by atoms with Crippen LogP contribution in [-0.2, 0) is 4.79 Å². The van der Waals surface area contributed by atoms with E-state index in [1.165, 1.54) is 0 Å². The average molecular weight is 369 g/mol. The number of anilines is 2. The highest BCUT2D eigenvalue weighted by Crippen LogP contribution is 2.16. The standard InChI is InChI=1S/C21H27N3O3/c1-4-24(5-2)21(26)16-8-7-9-18(14-16)22-15-20(25)23-17-10-12-19(13-11-17)27-6-3/h7-14,22H,4-6,15H2,1-3H3,(H,23,25). The molecule has 2 aromatic rings. The Morgan fingerprint density at radius 1 is 0.963 bits per heavy atom. The van der Waals surface area contributed by atoms with E-state index in [0.29, 0.717) is 30.9 Å². The number of hydrogen-bond acceptors (Lipinski definition) is 4. The van der Waals surface area contributed by atoms with Gasteiger partial charge in [-0.15, -0.1) is 0 Å². The van der Waals surface area contributed by atoms with Crippen molar-refractivity contribution >= 4 is 23.2 Å². The molecule has 2 rings (SSSR count). The predicted octanol–water partition coefficient (Wildman–Crippen LogP) is 3.62. The van der Waals surface area contributed by atoms with Crippen molar-refractivity contribution in [2.45, 2.75) is 20.8 Å². The molecule has 2 aromatic carbocycles. The molecule has 0 unspecified atom stereocenters. The van der Waals surface area contributed by atoms with Crippen molar-refractivity contribution in [1.82, 2.24) is 4.90 Å². The van der Waals surface area contributed by atoms with Gasteiger partial charge < -0.3 is 20.3 Å². The van der Waals surface area contributed by atoms with Gasteiger partial charge in [0.2, 0.25) is 5.91 Å². The molecule has 0 atom stereocenters. The smallest absolute Gasteiger partial charge is 0.253 e. The lowest BCUT2D eigenvalue weighted by Crippen LogP contribution is -2.30. The summed E-state index contributed by atoms with van der Waals surface area (Å²) in [7, 11) is 0. The van der Waals surface area contributed by atoms with Gasteiger partial charge in [-0.05, 0) is 63.2 Å². The van der Waals surface area contributed by atoms with Crippen LogP contribution in [0.4, 0.5) is 11.4 Å². The number of amides is 2. The third-order valence-electron chi connectivity index (χ3n) is 4.06. The minimum Gasteiger partial charge on any atom is -0.494 e. The number of carbonyl (C=O) groups excluding carboxylic acids is 2. The van der Waals surface area contributed by atoms with E-state index in [4.69, 9.17) is 4.74 Å². The first kappa shape index (κ1) is 20.3. The Morgan fingerprint density at radius 3 is 2.30 bits per heavy atom. The Morgan fingerprint density at radius 2 is 1.67 bits per heavy atom. The van der Waals surface area contributed by atoms with E-state index < -0.39 is 0 Å². The third-order valence-corrected chi connectivity index (χ3v) is 4.06. The number of ether oxygens (including phenoxy) is 1. The summed E-state index contributed by atoms with van der Waals surface area (Å²) in [6, 6.07) is 14.4. The van der Waals surface area contributed by atoms with Crippen molar-refractivity contribution in [2.24, 2.45) is 0 Å². The SMILES string of the molecule is CCOc1ccc(NC(=O)CNc2cccc(C(=O)N(CC)CC)c2)cc1. The fourth-order valence-electron chi connectivity index (χ4n) is 2.64. The lowest BCUT2D eigenvalue weighted by molar-refractivity contribution is -0.114. The topological polar surface area (TPSA) is 70.7 Å². The van der Waals surface area contributed by atoms with E-state index in [1.807, 2.05) is 45.0 Å². The van der Waals surface area contributed by atoms with Crippen molar-refractivity contribution < 1.29 is 14.3 Å². The monoisotopic (exact) mass is 369 g/mol. The number of hydrogen-bond donors (Lipinski definition) is 2. The van der Waals surface area contributed by atoms with Gasteiger partial charge in [-0.2, -0.15) is 0 Å². The third kappa shape index (κ3) is 6.02. The maximum absolute atomic E-state index is 12.4. The summed E-state index contributed by atoms with van der Waals surface area (Å²) >= 11 is 0. The highest BCUT2D eigenvalue weighted by Gasteiger charge is 2.12. The Hall–Kier alpha value is -3.02. The van der Waals surface area contributed by atoms with E-state index in [2.05, 4.69) is 10.6 Å². The Balaban J connectivity index is 1.91. The number of nitrogens with zero attached hydrogens (tertiary/aromatic N) is 1. The quantitative estimate of drug-likeness (QED) is 0.708. The van der Waals surface area contributed by atoms with Gasteiger partial charge in [0, 0.05) is 30.0 Å². The number of carbonyl (C=O) groups is 2. The van der Waals surface area contributed by atoms with E-state index in [9.17, 15) is 9.59 Å². The van der Waals surface area contributed by atoms with Gasteiger partial charge in [0.25, 0.3) is 5.91 Å². The summed E-state index contributed by atoms with van der Waals surface area (Å²) < 4.78 is 5.38. The molecule has 0 aromatic heterocycles. The van der Waals surface area contributed by atoms with E-state index in [1.54, 1.807) is 29.2 Å². The van der Waals surface area contributed by atoms with Crippen LogP contribution in [0, 0.1) is 0 Å². The summed E-state index contributed by atoms with van der Waals surface area (Å²) in [5.74, 6) is 0.588. The minimum atomic E-state index is -0.167. The van der Waals surface area contributed by atoms with Crippen LogP contribution in [0.5, 0.6) is 5.75 Å². The fourth-order valence-corrected chi connectivity index (χ4v) is 2.64. The first-order valence-corrected chi connectivity index (χ1v) is 9.23. The zero-order valence-electron chi connectivity index (χ0n) is 16.1. The Kier molecular flexibility index (Phi) is 7.67. The molecule has 0 spiro atoms. The summed E-state index contributed by atoms with van der Waals surface area (Å²) in [5, 5.41) is 5.88. The summed E-state index contributed by atoms with van der Waals surface area (Å²) in [4.78, 5) is 26.3. The molecule has 2 N–H and O–H groups in total. The van der Waals surface area contributed by atoms with Crippen LogP contribution in [0.3, 0.4) is 0 Å². The van der Waals surface area contributed by atoms with Crippen molar-refractivity contribution in [3.05, 3.63) is 54.1 Å². The Labute approximate surface area is 160 Å². The van der Waals surface area contributed by atoms with Crippen LogP contribution in [0.1, 0.15) is 31.1 Å². The molecule has 0 aliphatic rings. The molecule has 0 fully saturated rings. The van der Waals surface area contributed by atoms with Gasteiger partial charge in [0.15, 0.2) is 0 Å². The second kappa shape index (κ2) is 10.2. The molecular formula is C21H27N3O3. The zero-order valence-corrected chi connectivity index (χ0v) is 16.1. The molecule has 0 heterocycles. The molecule has 0 radical (unpaired) electrons. The molecule has 0 aliphatic heterocycles. The molecule has 144 valence electrons. The molecule has 0 bridgehead atoms. The van der Waals surface area contributed by atoms with E-state index >= 15 is 0 Å². The van der Waals surface area contributed by atoms with Gasteiger partial charge in [-0.1, -0.05) is 6.07 Å². The molecule has 0 saturated heterocycles. The zero-order chi connectivity index (χ0) is 19.6. The molecule has 27 heavy (non-hydrogen) atoms. The van der Waals surface area contributed by atoms with Gasteiger partial charge in [0.1, 0.15) is 5.75 Å². The van der Waals surface area contributed by atoms with Gasteiger partial charge in [-0.3, -0.25) is 9.59 Å². The predicted molar refractivity (Wildman–Crippen MR) is 108 cm³/mol. The normalized spacial score (nSPS) is 10.2. The molecular weight excluding hydrogens is 342 g/mol. The van der Waals surface area contributed by atoms with Crippen LogP contribution >= 0.6 is 0 Å².